The van der Waals surface area contributed by atoms with Crippen LogP contribution in [0, 0.1) is 5.92 Å². The fourth-order valence-electron chi connectivity index (χ4n) is 3.35. The lowest BCUT2D eigenvalue weighted by molar-refractivity contribution is -0.146. The first-order chi connectivity index (χ1) is 15.3. The molecular weight excluding hydrogens is 435 g/mol. The number of phosphoric acid groups is 1. The van der Waals surface area contributed by atoms with Gasteiger partial charge in [-0.1, -0.05) is 39.0 Å². The molecule has 1 fully saturated rings. The lowest BCUT2D eigenvalue weighted by Crippen LogP contribution is -2.16. The summed E-state index contributed by atoms with van der Waals surface area (Å²) in [6.45, 7) is 9.90. The molecule has 32 heavy (non-hydrogen) atoms. The number of hydrogen-bond acceptors (Lipinski definition) is 8. The van der Waals surface area contributed by atoms with Crippen molar-refractivity contribution in [2.45, 2.75) is 59.3 Å². The maximum Gasteiger partial charge on any atom is 0.478 e. The zero-order valence-electron chi connectivity index (χ0n) is 19.8. The van der Waals surface area contributed by atoms with E-state index in [1.165, 1.54) is 12.8 Å². The van der Waals surface area contributed by atoms with Crippen molar-refractivity contribution < 1.29 is 37.1 Å². The van der Waals surface area contributed by atoms with Crippen LogP contribution >= 0.6 is 7.82 Å². The normalized spacial score (nSPS) is 16.6. The molecule has 0 aromatic heterocycles. The predicted octanol–water partition coefficient (Wildman–Crippen LogP) is 5.42. The summed E-state index contributed by atoms with van der Waals surface area (Å²) in [5, 5.41) is 0. The first kappa shape index (κ1) is 26.8. The molecule has 1 aliphatic rings. The number of hydrogen-bond donors (Lipinski definition) is 0. The van der Waals surface area contributed by atoms with E-state index in [0.717, 1.165) is 16.9 Å². The summed E-state index contributed by atoms with van der Waals surface area (Å²) in [4.78, 5) is 11.6. The predicted molar refractivity (Wildman–Crippen MR) is 121 cm³/mol. The first-order valence-electron chi connectivity index (χ1n) is 11.3. The second-order valence-corrected chi connectivity index (χ2v) is 9.66. The number of benzene rings is 1. The number of carbonyl (C=O) groups excluding carboxylic acids is 1. The molecule has 0 amide bonds. The molecule has 2 rings (SSSR count). The molecule has 0 radical (unpaired) electrons. The Kier molecular flexibility index (Phi) is 11.2. The highest BCUT2D eigenvalue weighted by atomic mass is 31.2. The Hall–Kier alpha value is -1.44. The average molecular weight is 473 g/mol. The average Bonchev–Trinajstić information content (AvgIpc) is 3.61. The van der Waals surface area contributed by atoms with Crippen molar-refractivity contribution in [1.29, 1.82) is 0 Å². The van der Waals surface area contributed by atoms with E-state index in [4.69, 9.17) is 27.8 Å². The zero-order valence-corrected chi connectivity index (χ0v) is 20.7. The number of esters is 1. The van der Waals surface area contributed by atoms with Gasteiger partial charge in [0.25, 0.3) is 0 Å². The zero-order chi connectivity index (χ0) is 23.6. The van der Waals surface area contributed by atoms with Crippen LogP contribution in [0.25, 0.3) is 0 Å². The minimum atomic E-state index is -4.06. The maximum absolute atomic E-state index is 13.0. The summed E-state index contributed by atoms with van der Waals surface area (Å²) in [7, 11) is -4.06. The summed E-state index contributed by atoms with van der Waals surface area (Å²) in [6, 6.07) is 6.14. The highest BCUT2D eigenvalue weighted by Crippen LogP contribution is 2.50. The number of ether oxygens (including phenoxy) is 3. The van der Waals surface area contributed by atoms with Crippen molar-refractivity contribution in [3.05, 3.63) is 29.3 Å². The summed E-state index contributed by atoms with van der Waals surface area (Å²) in [5.41, 5.74) is 2.17. The summed E-state index contributed by atoms with van der Waals surface area (Å²) in [5.74, 6) is 1.34. The first-order valence-corrected chi connectivity index (χ1v) is 12.8. The Morgan fingerprint density at radius 2 is 1.75 bits per heavy atom. The van der Waals surface area contributed by atoms with E-state index in [9.17, 15) is 9.36 Å². The van der Waals surface area contributed by atoms with E-state index in [1.807, 2.05) is 19.1 Å². The summed E-state index contributed by atoms with van der Waals surface area (Å²) in [6.07, 6.45) is 2.43. The third-order valence-electron chi connectivity index (χ3n) is 5.26. The van der Waals surface area contributed by atoms with E-state index >= 15 is 0 Å². The molecule has 0 heterocycles. The lowest BCUT2D eigenvalue weighted by atomic mass is 9.90. The number of rotatable bonds is 16. The van der Waals surface area contributed by atoms with Gasteiger partial charge in [-0.15, -0.1) is 0 Å². The number of carbonyl (C=O) groups is 1. The molecule has 0 spiro atoms. The van der Waals surface area contributed by atoms with Crippen molar-refractivity contribution in [2.75, 3.05) is 39.8 Å². The van der Waals surface area contributed by atoms with Gasteiger partial charge in [-0.05, 0) is 55.6 Å². The molecule has 1 aromatic rings. The standard InChI is InChI=1S/C23H37O8P/c1-6-26-13-14-29-32(25,30-15-22(24)27-7-2)31-16-28-23-20(17(3)4)9-8-10-21(23)18(5)19-11-12-19/h8-10,17-19H,6-7,11-16H2,1-5H3. The van der Waals surface area contributed by atoms with Crippen LogP contribution in [0.2, 0.25) is 0 Å². The van der Waals surface area contributed by atoms with Gasteiger partial charge in [-0.2, -0.15) is 0 Å². The molecule has 2 unspecified atom stereocenters. The van der Waals surface area contributed by atoms with Crippen LogP contribution in [0.4, 0.5) is 0 Å². The Labute approximate surface area is 191 Å². The molecule has 8 nitrogen and oxygen atoms in total. The van der Waals surface area contributed by atoms with Gasteiger partial charge >= 0.3 is 13.8 Å². The summed E-state index contributed by atoms with van der Waals surface area (Å²) >= 11 is 0. The van der Waals surface area contributed by atoms with Crippen molar-refractivity contribution in [3.8, 4) is 5.75 Å². The van der Waals surface area contributed by atoms with Crippen LogP contribution in [0.5, 0.6) is 5.75 Å². The largest absolute Gasteiger partial charge is 0.478 e. The van der Waals surface area contributed by atoms with Gasteiger partial charge in [0.15, 0.2) is 13.4 Å². The molecule has 1 saturated carbocycles. The fourth-order valence-corrected chi connectivity index (χ4v) is 4.32. The highest BCUT2D eigenvalue weighted by Gasteiger charge is 2.32. The van der Waals surface area contributed by atoms with Gasteiger partial charge in [0, 0.05) is 6.61 Å². The second kappa shape index (κ2) is 13.3. The maximum atomic E-state index is 13.0. The van der Waals surface area contributed by atoms with Crippen molar-refractivity contribution in [1.82, 2.24) is 0 Å². The Balaban J connectivity index is 2.08. The van der Waals surface area contributed by atoms with Gasteiger partial charge in [0.1, 0.15) is 5.75 Å². The van der Waals surface area contributed by atoms with Crippen LogP contribution in [0.3, 0.4) is 0 Å². The van der Waals surface area contributed by atoms with Crippen molar-refractivity contribution in [3.63, 3.8) is 0 Å². The molecule has 0 N–H and O–H groups in total. The third-order valence-corrected chi connectivity index (χ3v) is 6.62. The van der Waals surface area contributed by atoms with E-state index in [0.29, 0.717) is 18.4 Å². The van der Waals surface area contributed by atoms with Gasteiger partial charge in [-0.3, -0.25) is 9.05 Å². The quantitative estimate of drug-likeness (QED) is 0.136. The molecule has 0 aliphatic heterocycles. The fraction of sp³-hybridized carbons (Fsp3) is 0.696. The Morgan fingerprint density at radius 1 is 1.03 bits per heavy atom. The Bertz CT molecular complexity index is 762. The topological polar surface area (TPSA) is 89.5 Å². The van der Waals surface area contributed by atoms with Crippen LogP contribution in [-0.2, 0) is 32.4 Å². The molecule has 1 aliphatic carbocycles. The molecular formula is C23H37O8P. The van der Waals surface area contributed by atoms with Crippen LogP contribution in [0.1, 0.15) is 70.4 Å². The lowest BCUT2D eigenvalue weighted by Gasteiger charge is -2.23. The van der Waals surface area contributed by atoms with Gasteiger partial charge in [0.05, 0.1) is 19.8 Å². The molecule has 182 valence electrons. The second-order valence-electron chi connectivity index (χ2n) is 7.99. The SMILES string of the molecule is CCOCCOP(=O)(OCOc1c(C(C)C)cccc1C(C)C1CC1)OCC(=O)OCC. The number of para-hydroxylation sites is 1. The van der Waals surface area contributed by atoms with Gasteiger partial charge in [-0.25, -0.2) is 13.9 Å². The molecule has 2 atom stereocenters. The van der Waals surface area contributed by atoms with Crippen LogP contribution in [-0.4, -0.2) is 45.8 Å². The monoisotopic (exact) mass is 472 g/mol. The van der Waals surface area contributed by atoms with E-state index < -0.39 is 20.4 Å². The minimum absolute atomic E-state index is 0.0134. The van der Waals surface area contributed by atoms with Crippen molar-refractivity contribution in [2.24, 2.45) is 5.92 Å². The minimum Gasteiger partial charge on any atom is -0.466 e. The third kappa shape index (κ3) is 8.49. The van der Waals surface area contributed by atoms with Crippen LogP contribution in [0.15, 0.2) is 18.2 Å². The van der Waals surface area contributed by atoms with Gasteiger partial charge in [0.2, 0.25) is 0 Å². The van der Waals surface area contributed by atoms with Crippen molar-refractivity contribution >= 4 is 13.8 Å². The Morgan fingerprint density at radius 3 is 2.38 bits per heavy atom. The van der Waals surface area contributed by atoms with E-state index in [1.54, 1.807) is 6.92 Å². The smallest absolute Gasteiger partial charge is 0.466 e. The van der Waals surface area contributed by atoms with E-state index in [-0.39, 0.29) is 32.5 Å². The molecule has 9 heteroatoms. The molecule has 1 aromatic carbocycles. The van der Waals surface area contributed by atoms with Gasteiger partial charge < -0.3 is 14.2 Å². The van der Waals surface area contributed by atoms with E-state index in [2.05, 4.69) is 26.8 Å². The number of phosphoric ester groups is 1. The summed E-state index contributed by atoms with van der Waals surface area (Å²) < 4.78 is 44.9. The van der Waals surface area contributed by atoms with Crippen LogP contribution < -0.4 is 4.74 Å². The molecule has 0 bridgehead atoms. The highest BCUT2D eigenvalue weighted by molar-refractivity contribution is 7.48. The molecule has 0 saturated heterocycles.